The van der Waals surface area contributed by atoms with E-state index >= 15 is 0 Å². The van der Waals surface area contributed by atoms with Gasteiger partial charge in [0.25, 0.3) is 5.91 Å². The molecule has 0 bridgehead atoms. The Kier molecular flexibility index (Phi) is 5.93. The lowest BCUT2D eigenvalue weighted by Gasteiger charge is -2.37. The van der Waals surface area contributed by atoms with E-state index in [9.17, 15) is 14.7 Å². The molecule has 0 spiro atoms. The maximum absolute atomic E-state index is 12.8. The van der Waals surface area contributed by atoms with Crippen LogP contribution in [-0.4, -0.2) is 50.3 Å². The van der Waals surface area contributed by atoms with Crippen molar-refractivity contribution in [2.45, 2.75) is 6.04 Å². The lowest BCUT2D eigenvalue weighted by molar-refractivity contribution is -0.922. The second kappa shape index (κ2) is 8.55. The number of carbonyl (C=O) groups is 2. The molecule has 1 heterocycles. The summed E-state index contributed by atoms with van der Waals surface area (Å²) in [7, 11) is 1.49. The van der Waals surface area contributed by atoms with Crippen molar-refractivity contribution < 1.29 is 19.6 Å². The number of anilines is 1. The van der Waals surface area contributed by atoms with Gasteiger partial charge in [-0.15, -0.1) is 0 Å². The Morgan fingerprint density at radius 1 is 1.04 bits per heavy atom. The summed E-state index contributed by atoms with van der Waals surface area (Å²) in [5, 5.41) is 14.3. The Bertz CT molecular complexity index is 772. The van der Waals surface area contributed by atoms with Crippen LogP contribution in [0.15, 0.2) is 54.6 Å². The highest BCUT2D eigenvalue weighted by Crippen LogP contribution is 2.19. The van der Waals surface area contributed by atoms with Crippen molar-refractivity contribution in [2.75, 3.05) is 38.1 Å². The second-order valence-corrected chi connectivity index (χ2v) is 6.57. The molecule has 1 aliphatic rings. The zero-order chi connectivity index (χ0) is 19.2. The first-order valence-electron chi connectivity index (χ1n) is 9.04. The van der Waals surface area contributed by atoms with Crippen LogP contribution in [0, 0.1) is 0 Å². The van der Waals surface area contributed by atoms with Crippen LogP contribution in [0.1, 0.15) is 11.6 Å². The topological polar surface area (TPSA) is 86.1 Å². The highest BCUT2D eigenvalue weighted by atomic mass is 16.3. The zero-order valence-corrected chi connectivity index (χ0v) is 15.3. The molecule has 0 aromatic heterocycles. The van der Waals surface area contributed by atoms with Gasteiger partial charge in [-0.3, -0.25) is 10.1 Å². The van der Waals surface area contributed by atoms with Gasteiger partial charge in [-0.2, -0.15) is 0 Å². The van der Waals surface area contributed by atoms with E-state index in [1.807, 2.05) is 42.5 Å². The number of phenolic OH excluding ortho intramolecular Hbond substituents is 1. The van der Waals surface area contributed by atoms with Gasteiger partial charge in [-0.05, 0) is 24.3 Å². The summed E-state index contributed by atoms with van der Waals surface area (Å²) in [6.45, 7) is 3.11. The standard InChI is InChI=1S/C20H24N4O3/c1-21-20(27)22-19(26)18(15-5-3-2-4-6-15)24-13-11-23(12-14-24)16-7-9-17(25)10-8-16/h2-10,18,25H,11-14H2,1H3,(H2,21,22,26,27)/p+1/t18-/m0/s1. The molecule has 7 nitrogen and oxygen atoms in total. The van der Waals surface area contributed by atoms with Crippen molar-refractivity contribution in [3.63, 3.8) is 0 Å². The minimum atomic E-state index is -0.497. The Hall–Kier alpha value is -3.06. The van der Waals surface area contributed by atoms with Gasteiger partial charge in [-0.1, -0.05) is 30.3 Å². The van der Waals surface area contributed by atoms with Crippen LogP contribution in [0.4, 0.5) is 10.5 Å². The number of benzene rings is 2. The third kappa shape index (κ3) is 4.57. The molecule has 0 radical (unpaired) electrons. The average Bonchev–Trinajstić information content (AvgIpc) is 2.70. The molecule has 4 N–H and O–H groups in total. The monoisotopic (exact) mass is 369 g/mol. The van der Waals surface area contributed by atoms with Crippen LogP contribution in [0.2, 0.25) is 0 Å². The molecule has 0 unspecified atom stereocenters. The fourth-order valence-corrected chi connectivity index (χ4v) is 3.47. The Morgan fingerprint density at radius 2 is 1.67 bits per heavy atom. The number of quaternary nitrogens is 1. The number of nitrogens with one attached hydrogen (secondary N) is 3. The van der Waals surface area contributed by atoms with Crippen molar-refractivity contribution >= 4 is 17.6 Å². The number of amides is 3. The fraction of sp³-hybridized carbons (Fsp3) is 0.300. The molecule has 3 rings (SSSR count). The van der Waals surface area contributed by atoms with Gasteiger partial charge in [0.2, 0.25) is 0 Å². The van der Waals surface area contributed by atoms with Gasteiger partial charge in [0.1, 0.15) is 5.75 Å². The quantitative estimate of drug-likeness (QED) is 0.624. The molecule has 1 aliphatic heterocycles. The summed E-state index contributed by atoms with van der Waals surface area (Å²) in [5.74, 6) is -0.0494. The number of piperazine rings is 1. The largest absolute Gasteiger partial charge is 0.508 e. The summed E-state index contributed by atoms with van der Waals surface area (Å²) < 4.78 is 0. The molecule has 0 aliphatic carbocycles. The number of hydrogen-bond acceptors (Lipinski definition) is 4. The molecule has 1 saturated heterocycles. The van der Waals surface area contributed by atoms with Crippen LogP contribution in [0.3, 0.4) is 0 Å². The second-order valence-electron chi connectivity index (χ2n) is 6.57. The highest BCUT2D eigenvalue weighted by molar-refractivity contribution is 5.96. The van der Waals surface area contributed by atoms with Gasteiger partial charge in [-0.25, -0.2) is 4.79 Å². The summed E-state index contributed by atoms with van der Waals surface area (Å²) in [4.78, 5) is 27.8. The number of phenols is 1. The van der Waals surface area contributed by atoms with E-state index in [-0.39, 0.29) is 11.7 Å². The van der Waals surface area contributed by atoms with Crippen LogP contribution in [0.25, 0.3) is 0 Å². The normalized spacial score (nSPS) is 15.8. The third-order valence-corrected chi connectivity index (χ3v) is 4.89. The first-order chi connectivity index (χ1) is 13.1. The van der Waals surface area contributed by atoms with E-state index in [0.29, 0.717) is 0 Å². The number of carbonyl (C=O) groups excluding carboxylic acids is 2. The van der Waals surface area contributed by atoms with Crippen molar-refractivity contribution in [1.29, 1.82) is 0 Å². The number of nitrogens with zero attached hydrogens (tertiary/aromatic N) is 1. The van der Waals surface area contributed by atoms with Crippen molar-refractivity contribution in [2.24, 2.45) is 0 Å². The molecule has 3 amide bonds. The van der Waals surface area contributed by atoms with Gasteiger partial charge < -0.3 is 20.2 Å². The molecular formula is C20H25N4O3+. The zero-order valence-electron chi connectivity index (χ0n) is 15.3. The van der Waals surface area contributed by atoms with Crippen molar-refractivity contribution in [3.05, 3.63) is 60.2 Å². The Balaban J connectivity index is 1.73. The predicted octanol–water partition coefficient (Wildman–Crippen LogP) is 0.294. The lowest BCUT2D eigenvalue weighted by Crippen LogP contribution is -3.16. The van der Waals surface area contributed by atoms with Crippen molar-refractivity contribution in [3.8, 4) is 5.75 Å². The first-order valence-corrected chi connectivity index (χ1v) is 9.04. The van der Waals surface area contributed by atoms with Crippen LogP contribution >= 0.6 is 0 Å². The minimum Gasteiger partial charge on any atom is -0.508 e. The van der Waals surface area contributed by atoms with Gasteiger partial charge in [0, 0.05) is 18.3 Å². The molecule has 1 atom stereocenters. The van der Waals surface area contributed by atoms with E-state index in [2.05, 4.69) is 15.5 Å². The summed E-state index contributed by atoms with van der Waals surface area (Å²) >= 11 is 0. The number of imide groups is 1. The number of urea groups is 1. The van der Waals surface area contributed by atoms with E-state index < -0.39 is 12.1 Å². The van der Waals surface area contributed by atoms with E-state index in [4.69, 9.17) is 0 Å². The van der Waals surface area contributed by atoms with E-state index in [1.165, 1.54) is 7.05 Å². The lowest BCUT2D eigenvalue weighted by atomic mass is 10.0. The molecule has 0 saturated carbocycles. The maximum atomic E-state index is 12.8. The average molecular weight is 369 g/mol. The minimum absolute atomic E-state index is 0.248. The summed E-state index contributed by atoms with van der Waals surface area (Å²) in [6.07, 6.45) is 0. The maximum Gasteiger partial charge on any atom is 0.321 e. The van der Waals surface area contributed by atoms with Gasteiger partial charge >= 0.3 is 6.03 Å². The fourth-order valence-electron chi connectivity index (χ4n) is 3.47. The van der Waals surface area contributed by atoms with Gasteiger partial charge in [0.15, 0.2) is 6.04 Å². The molecular weight excluding hydrogens is 344 g/mol. The highest BCUT2D eigenvalue weighted by Gasteiger charge is 2.34. The van der Waals surface area contributed by atoms with Gasteiger partial charge in [0.05, 0.1) is 26.2 Å². The van der Waals surface area contributed by atoms with Crippen LogP contribution in [-0.2, 0) is 4.79 Å². The number of hydrogen-bond donors (Lipinski definition) is 4. The van der Waals surface area contributed by atoms with E-state index in [1.54, 1.807) is 12.1 Å². The molecule has 1 fully saturated rings. The Morgan fingerprint density at radius 3 is 2.26 bits per heavy atom. The first kappa shape index (κ1) is 18.7. The SMILES string of the molecule is CNC(=O)NC(=O)[C@H](c1ccccc1)[NH+]1CCN(c2ccc(O)cc2)CC1. The molecule has 142 valence electrons. The predicted molar refractivity (Wildman–Crippen MR) is 103 cm³/mol. The van der Waals surface area contributed by atoms with Crippen LogP contribution in [0.5, 0.6) is 5.75 Å². The Labute approximate surface area is 158 Å². The summed E-state index contributed by atoms with van der Waals surface area (Å²) in [6, 6.07) is 15.8. The molecule has 2 aromatic carbocycles. The third-order valence-electron chi connectivity index (χ3n) is 4.89. The summed E-state index contributed by atoms with van der Waals surface area (Å²) in [5.41, 5.74) is 1.95. The molecule has 2 aromatic rings. The molecule has 7 heteroatoms. The molecule has 27 heavy (non-hydrogen) atoms. The van der Waals surface area contributed by atoms with Crippen LogP contribution < -0.4 is 20.4 Å². The number of rotatable bonds is 4. The van der Waals surface area contributed by atoms with Crippen molar-refractivity contribution in [1.82, 2.24) is 10.6 Å². The van der Waals surface area contributed by atoms with E-state index in [0.717, 1.165) is 42.3 Å². The number of aromatic hydroxyl groups is 1. The smallest absolute Gasteiger partial charge is 0.321 e.